The molecule has 0 aliphatic carbocycles. The van der Waals surface area contributed by atoms with Gasteiger partial charge in [-0.25, -0.2) is 8.78 Å². The smallest absolute Gasteiger partial charge is 0.305 e. The molecule has 0 saturated carbocycles. The third-order valence-electron chi connectivity index (χ3n) is 3.55. The fourth-order valence-corrected chi connectivity index (χ4v) is 2.35. The van der Waals surface area contributed by atoms with Crippen LogP contribution in [-0.4, -0.2) is 41.8 Å². The van der Waals surface area contributed by atoms with Crippen molar-refractivity contribution in [2.24, 2.45) is 0 Å². The quantitative estimate of drug-likeness (QED) is 0.826. The number of nitrogens with one attached hydrogen (secondary N) is 1. The van der Waals surface area contributed by atoms with Crippen LogP contribution in [0.4, 0.5) is 8.78 Å². The standard InChI is InChI=1S/C15H17F2NO5/c1-9(23-10-2-3-11(16)12(17)6-10)14(21)18-15(7-13(19)20)4-5-22-8-15/h2-3,6,9H,4-5,7-8H2,1H3,(H,18,21)(H,19,20). The lowest BCUT2D eigenvalue weighted by Crippen LogP contribution is -2.53. The number of carbonyl (C=O) groups is 2. The van der Waals surface area contributed by atoms with Crippen LogP contribution in [0.3, 0.4) is 0 Å². The second-order valence-corrected chi connectivity index (χ2v) is 5.48. The molecule has 1 aliphatic rings. The molecule has 0 aromatic heterocycles. The molecule has 1 aliphatic heterocycles. The molecular weight excluding hydrogens is 312 g/mol. The van der Waals surface area contributed by atoms with Gasteiger partial charge in [-0.15, -0.1) is 0 Å². The summed E-state index contributed by atoms with van der Waals surface area (Å²) in [5.41, 5.74) is -0.978. The molecule has 0 bridgehead atoms. The number of ether oxygens (including phenoxy) is 2. The van der Waals surface area contributed by atoms with Crippen molar-refractivity contribution >= 4 is 11.9 Å². The van der Waals surface area contributed by atoms with Crippen LogP contribution in [0.25, 0.3) is 0 Å². The predicted molar refractivity (Wildman–Crippen MR) is 75.0 cm³/mol. The third-order valence-corrected chi connectivity index (χ3v) is 3.55. The topological polar surface area (TPSA) is 84.9 Å². The van der Waals surface area contributed by atoms with Crippen LogP contribution in [-0.2, 0) is 14.3 Å². The Morgan fingerprint density at radius 1 is 1.43 bits per heavy atom. The highest BCUT2D eigenvalue weighted by molar-refractivity contribution is 5.82. The Kier molecular flexibility index (Phi) is 5.15. The van der Waals surface area contributed by atoms with Crippen molar-refractivity contribution < 1.29 is 33.0 Å². The Bertz CT molecular complexity index is 602. The molecule has 0 spiro atoms. The van der Waals surface area contributed by atoms with E-state index in [4.69, 9.17) is 14.6 Å². The largest absolute Gasteiger partial charge is 0.481 e. The van der Waals surface area contributed by atoms with Gasteiger partial charge in [-0.2, -0.15) is 0 Å². The molecule has 1 fully saturated rings. The van der Waals surface area contributed by atoms with Crippen LogP contribution in [0, 0.1) is 11.6 Å². The van der Waals surface area contributed by atoms with Gasteiger partial charge in [-0.1, -0.05) is 0 Å². The van der Waals surface area contributed by atoms with Gasteiger partial charge in [0.2, 0.25) is 0 Å². The summed E-state index contributed by atoms with van der Waals surface area (Å²) in [6.45, 7) is 1.88. The first kappa shape index (κ1) is 17.1. The van der Waals surface area contributed by atoms with Gasteiger partial charge in [-0.05, 0) is 25.5 Å². The summed E-state index contributed by atoms with van der Waals surface area (Å²) in [6, 6.07) is 2.94. The summed E-state index contributed by atoms with van der Waals surface area (Å²) in [4.78, 5) is 23.1. The zero-order valence-electron chi connectivity index (χ0n) is 12.5. The normalized spacial score (nSPS) is 21.7. The maximum absolute atomic E-state index is 13.1. The molecule has 23 heavy (non-hydrogen) atoms. The Hall–Kier alpha value is -2.22. The van der Waals surface area contributed by atoms with Gasteiger partial charge in [0.25, 0.3) is 5.91 Å². The molecule has 1 heterocycles. The van der Waals surface area contributed by atoms with Gasteiger partial charge in [0.1, 0.15) is 5.75 Å². The van der Waals surface area contributed by atoms with Crippen LogP contribution in [0.5, 0.6) is 5.75 Å². The van der Waals surface area contributed by atoms with Crippen molar-refractivity contribution in [3.63, 3.8) is 0 Å². The molecule has 2 unspecified atom stereocenters. The average molecular weight is 329 g/mol. The fraction of sp³-hybridized carbons (Fsp3) is 0.467. The second kappa shape index (κ2) is 6.91. The molecule has 1 aromatic carbocycles. The molecule has 8 heteroatoms. The molecular formula is C15H17F2NO5. The van der Waals surface area contributed by atoms with Gasteiger partial charge >= 0.3 is 5.97 Å². The Balaban J connectivity index is 2.00. The number of hydrogen-bond donors (Lipinski definition) is 2. The third kappa shape index (κ3) is 4.38. The SMILES string of the molecule is CC(Oc1ccc(F)c(F)c1)C(=O)NC1(CC(=O)O)CCOC1. The first-order chi connectivity index (χ1) is 10.8. The summed E-state index contributed by atoms with van der Waals surface area (Å²) in [5, 5.41) is 11.6. The van der Waals surface area contributed by atoms with E-state index in [0.717, 1.165) is 12.1 Å². The minimum atomic E-state index is -1.08. The van der Waals surface area contributed by atoms with E-state index in [-0.39, 0.29) is 18.8 Å². The number of benzene rings is 1. The Morgan fingerprint density at radius 3 is 2.74 bits per heavy atom. The molecule has 2 atom stereocenters. The van der Waals surface area contributed by atoms with Crippen LogP contribution < -0.4 is 10.1 Å². The number of carboxylic acid groups (broad SMARTS) is 1. The van der Waals surface area contributed by atoms with Crippen molar-refractivity contribution in [2.75, 3.05) is 13.2 Å². The summed E-state index contributed by atoms with van der Waals surface area (Å²) in [6.07, 6.45) is -0.898. The number of hydrogen-bond acceptors (Lipinski definition) is 4. The summed E-state index contributed by atoms with van der Waals surface area (Å²) >= 11 is 0. The highest BCUT2D eigenvalue weighted by Crippen LogP contribution is 2.23. The minimum Gasteiger partial charge on any atom is -0.481 e. The van der Waals surface area contributed by atoms with Crippen LogP contribution >= 0.6 is 0 Å². The lowest BCUT2D eigenvalue weighted by atomic mass is 9.94. The van der Waals surface area contributed by atoms with Crippen molar-refractivity contribution in [3.05, 3.63) is 29.8 Å². The number of rotatable bonds is 6. The molecule has 1 amide bonds. The van der Waals surface area contributed by atoms with Crippen molar-refractivity contribution in [1.82, 2.24) is 5.32 Å². The van der Waals surface area contributed by atoms with Crippen LogP contribution in [0.1, 0.15) is 19.8 Å². The van der Waals surface area contributed by atoms with Gasteiger partial charge < -0.3 is 19.9 Å². The van der Waals surface area contributed by atoms with Gasteiger partial charge in [0.05, 0.1) is 18.6 Å². The van der Waals surface area contributed by atoms with Crippen LogP contribution in [0.2, 0.25) is 0 Å². The fourth-order valence-electron chi connectivity index (χ4n) is 2.35. The Labute approximate surface area is 131 Å². The van der Waals surface area contributed by atoms with Crippen LogP contribution in [0.15, 0.2) is 18.2 Å². The highest BCUT2D eigenvalue weighted by Gasteiger charge is 2.39. The van der Waals surface area contributed by atoms with E-state index in [1.807, 2.05) is 0 Å². The maximum Gasteiger partial charge on any atom is 0.305 e. The molecule has 6 nitrogen and oxygen atoms in total. The summed E-state index contributed by atoms with van der Waals surface area (Å²) in [5.74, 6) is -3.70. The van der Waals surface area contributed by atoms with E-state index in [1.165, 1.54) is 13.0 Å². The zero-order chi connectivity index (χ0) is 17.0. The molecule has 1 saturated heterocycles. The number of carboxylic acids is 1. The summed E-state index contributed by atoms with van der Waals surface area (Å²) < 4.78 is 36.4. The van der Waals surface area contributed by atoms with E-state index >= 15 is 0 Å². The van der Waals surface area contributed by atoms with E-state index in [0.29, 0.717) is 13.0 Å². The lowest BCUT2D eigenvalue weighted by molar-refractivity contribution is -0.139. The first-order valence-corrected chi connectivity index (χ1v) is 7.05. The second-order valence-electron chi connectivity index (χ2n) is 5.48. The zero-order valence-corrected chi connectivity index (χ0v) is 12.5. The number of amides is 1. The van der Waals surface area contributed by atoms with E-state index < -0.39 is 35.2 Å². The molecule has 1 aromatic rings. The number of halogens is 2. The van der Waals surface area contributed by atoms with E-state index in [1.54, 1.807) is 0 Å². The summed E-state index contributed by atoms with van der Waals surface area (Å²) in [7, 11) is 0. The Morgan fingerprint density at radius 2 is 2.17 bits per heavy atom. The lowest BCUT2D eigenvalue weighted by Gasteiger charge is -2.28. The van der Waals surface area contributed by atoms with Crippen molar-refractivity contribution in [2.45, 2.75) is 31.4 Å². The highest BCUT2D eigenvalue weighted by atomic mass is 19.2. The number of aliphatic carboxylic acids is 1. The van der Waals surface area contributed by atoms with Gasteiger partial charge in [-0.3, -0.25) is 9.59 Å². The minimum absolute atomic E-state index is 0.00139. The molecule has 2 N–H and O–H groups in total. The average Bonchev–Trinajstić information content (AvgIpc) is 2.90. The first-order valence-electron chi connectivity index (χ1n) is 7.05. The molecule has 0 radical (unpaired) electrons. The molecule has 126 valence electrons. The maximum atomic E-state index is 13.1. The molecule has 2 rings (SSSR count). The van der Waals surface area contributed by atoms with Crippen molar-refractivity contribution in [1.29, 1.82) is 0 Å². The monoisotopic (exact) mass is 329 g/mol. The predicted octanol–water partition coefficient (Wildman–Crippen LogP) is 1.48. The van der Waals surface area contributed by atoms with Gasteiger partial charge in [0.15, 0.2) is 17.7 Å². The number of carbonyl (C=O) groups excluding carboxylic acids is 1. The van der Waals surface area contributed by atoms with Gasteiger partial charge in [0, 0.05) is 12.7 Å². The van der Waals surface area contributed by atoms with Crippen molar-refractivity contribution in [3.8, 4) is 5.75 Å². The van der Waals surface area contributed by atoms with E-state index in [2.05, 4.69) is 5.32 Å². The van der Waals surface area contributed by atoms with E-state index in [9.17, 15) is 18.4 Å².